The van der Waals surface area contributed by atoms with Crippen LogP contribution in [0.15, 0.2) is 73.2 Å². The van der Waals surface area contributed by atoms with Crippen molar-refractivity contribution in [2.75, 3.05) is 0 Å². The zero-order chi connectivity index (χ0) is 12.9. The Hall–Kier alpha value is -2.48. The Morgan fingerprint density at radius 3 is 2.53 bits per heavy atom. The minimum Gasteiger partial charge on any atom is -0.264 e. The fourth-order valence-electron chi connectivity index (χ4n) is 2.11. The summed E-state index contributed by atoms with van der Waals surface area (Å²) in [6.45, 7) is 0. The summed E-state index contributed by atoms with van der Waals surface area (Å²) in [6.07, 6.45) is 6.37. The third kappa shape index (κ3) is 2.86. The van der Waals surface area contributed by atoms with Gasteiger partial charge in [-0.15, -0.1) is 0 Å². The van der Waals surface area contributed by atoms with E-state index in [-0.39, 0.29) is 0 Å². The van der Waals surface area contributed by atoms with Gasteiger partial charge in [0.2, 0.25) is 0 Å². The smallest absolute Gasteiger partial charge is 0.0447 e. The van der Waals surface area contributed by atoms with Gasteiger partial charge in [-0.05, 0) is 34.9 Å². The summed E-state index contributed by atoms with van der Waals surface area (Å²) in [7, 11) is 0. The van der Waals surface area contributed by atoms with Crippen molar-refractivity contribution >= 4 is 0 Å². The van der Waals surface area contributed by atoms with Crippen LogP contribution in [0.25, 0.3) is 11.1 Å². The van der Waals surface area contributed by atoms with Crippen LogP contribution in [0.1, 0.15) is 11.3 Å². The molecule has 0 unspecified atom stereocenters. The van der Waals surface area contributed by atoms with Crippen molar-refractivity contribution in [1.82, 2.24) is 9.97 Å². The second-order valence-corrected chi connectivity index (χ2v) is 4.44. The molecule has 2 nitrogen and oxygen atoms in total. The SMILES string of the molecule is c1ccc(Cc2cccc(-c3cccnc3)c2)nc1. The Balaban J connectivity index is 1.89. The van der Waals surface area contributed by atoms with Crippen LogP contribution in [0.3, 0.4) is 0 Å². The van der Waals surface area contributed by atoms with E-state index in [4.69, 9.17) is 0 Å². The van der Waals surface area contributed by atoms with Gasteiger partial charge >= 0.3 is 0 Å². The highest BCUT2D eigenvalue weighted by molar-refractivity contribution is 5.63. The van der Waals surface area contributed by atoms with Crippen molar-refractivity contribution in [3.8, 4) is 11.1 Å². The van der Waals surface area contributed by atoms with Gasteiger partial charge in [0.05, 0.1) is 0 Å². The largest absolute Gasteiger partial charge is 0.264 e. The fraction of sp³-hybridized carbons (Fsp3) is 0.0588. The molecule has 0 fully saturated rings. The zero-order valence-electron chi connectivity index (χ0n) is 10.5. The number of aromatic nitrogens is 2. The first kappa shape index (κ1) is 11.6. The van der Waals surface area contributed by atoms with Gasteiger partial charge in [0, 0.05) is 30.7 Å². The Bertz CT molecular complexity index is 648. The molecule has 3 aromatic rings. The molecule has 0 amide bonds. The highest BCUT2D eigenvalue weighted by atomic mass is 14.7. The number of nitrogens with zero attached hydrogens (tertiary/aromatic N) is 2. The number of pyridine rings is 2. The molecule has 19 heavy (non-hydrogen) atoms. The first-order valence-corrected chi connectivity index (χ1v) is 6.31. The van der Waals surface area contributed by atoms with E-state index in [0.717, 1.165) is 17.7 Å². The second kappa shape index (κ2) is 5.44. The molecule has 2 heteroatoms. The van der Waals surface area contributed by atoms with Gasteiger partial charge < -0.3 is 0 Å². The van der Waals surface area contributed by atoms with Crippen LogP contribution in [0, 0.1) is 0 Å². The highest BCUT2D eigenvalue weighted by Crippen LogP contribution is 2.20. The van der Waals surface area contributed by atoms with E-state index >= 15 is 0 Å². The number of hydrogen-bond acceptors (Lipinski definition) is 2. The summed E-state index contributed by atoms with van der Waals surface area (Å²) in [5, 5.41) is 0. The lowest BCUT2D eigenvalue weighted by Gasteiger charge is -2.05. The summed E-state index contributed by atoms with van der Waals surface area (Å²) < 4.78 is 0. The molecule has 0 N–H and O–H groups in total. The molecule has 0 saturated carbocycles. The first-order valence-electron chi connectivity index (χ1n) is 6.31. The topological polar surface area (TPSA) is 25.8 Å². The van der Waals surface area contributed by atoms with Crippen LogP contribution in [-0.4, -0.2) is 9.97 Å². The van der Waals surface area contributed by atoms with Crippen molar-refractivity contribution in [3.63, 3.8) is 0 Å². The van der Waals surface area contributed by atoms with E-state index in [9.17, 15) is 0 Å². The Labute approximate surface area is 112 Å². The van der Waals surface area contributed by atoms with Crippen molar-refractivity contribution in [2.24, 2.45) is 0 Å². The van der Waals surface area contributed by atoms with Crippen molar-refractivity contribution in [1.29, 1.82) is 0 Å². The van der Waals surface area contributed by atoms with Gasteiger partial charge in [-0.1, -0.05) is 36.4 Å². The first-order chi connectivity index (χ1) is 9.42. The van der Waals surface area contributed by atoms with Gasteiger partial charge in [-0.2, -0.15) is 0 Å². The van der Waals surface area contributed by atoms with E-state index in [1.54, 1.807) is 6.20 Å². The van der Waals surface area contributed by atoms with E-state index in [1.807, 2.05) is 30.6 Å². The predicted molar refractivity (Wildman–Crippen MR) is 76.7 cm³/mol. The van der Waals surface area contributed by atoms with Crippen LogP contribution in [0.5, 0.6) is 0 Å². The Kier molecular flexibility index (Phi) is 3.32. The van der Waals surface area contributed by atoms with Gasteiger partial charge in [0.1, 0.15) is 0 Å². The normalized spacial score (nSPS) is 10.3. The van der Waals surface area contributed by atoms with Gasteiger partial charge in [-0.25, -0.2) is 0 Å². The van der Waals surface area contributed by atoms with Crippen LogP contribution in [0.2, 0.25) is 0 Å². The Morgan fingerprint density at radius 2 is 1.74 bits per heavy atom. The predicted octanol–water partition coefficient (Wildman–Crippen LogP) is 3.73. The molecule has 0 bridgehead atoms. The molecule has 3 rings (SSSR count). The third-order valence-corrected chi connectivity index (χ3v) is 3.03. The van der Waals surface area contributed by atoms with Crippen LogP contribution in [-0.2, 0) is 6.42 Å². The zero-order valence-corrected chi connectivity index (χ0v) is 10.5. The van der Waals surface area contributed by atoms with Crippen molar-refractivity contribution in [2.45, 2.75) is 6.42 Å². The molecule has 0 aliphatic heterocycles. The molecule has 2 aromatic heterocycles. The molecule has 0 radical (unpaired) electrons. The maximum Gasteiger partial charge on any atom is 0.0447 e. The fourth-order valence-corrected chi connectivity index (χ4v) is 2.11. The molecule has 0 saturated heterocycles. The molecule has 0 spiro atoms. The van der Waals surface area contributed by atoms with Crippen LogP contribution >= 0.6 is 0 Å². The van der Waals surface area contributed by atoms with E-state index < -0.39 is 0 Å². The quantitative estimate of drug-likeness (QED) is 0.703. The summed E-state index contributed by atoms with van der Waals surface area (Å²) in [5.74, 6) is 0. The third-order valence-electron chi connectivity index (χ3n) is 3.03. The molecule has 0 aliphatic carbocycles. The maximum absolute atomic E-state index is 4.36. The number of hydrogen-bond donors (Lipinski definition) is 0. The van der Waals surface area contributed by atoms with Crippen LogP contribution < -0.4 is 0 Å². The van der Waals surface area contributed by atoms with E-state index in [0.29, 0.717) is 0 Å². The number of rotatable bonds is 3. The highest BCUT2D eigenvalue weighted by Gasteiger charge is 2.01. The minimum absolute atomic E-state index is 0.856. The van der Waals surface area contributed by atoms with E-state index in [1.165, 1.54) is 11.1 Å². The van der Waals surface area contributed by atoms with Gasteiger partial charge in [0.25, 0.3) is 0 Å². The van der Waals surface area contributed by atoms with Crippen molar-refractivity contribution < 1.29 is 0 Å². The standard InChI is InChI=1S/C17H14N2/c1-2-10-19-17(8-1)12-14-5-3-6-15(11-14)16-7-4-9-18-13-16/h1-11,13H,12H2. The Morgan fingerprint density at radius 1 is 0.789 bits per heavy atom. The molecule has 2 heterocycles. The number of benzene rings is 1. The molecule has 0 aliphatic rings. The average Bonchev–Trinajstić information content (AvgIpc) is 2.49. The van der Waals surface area contributed by atoms with Gasteiger partial charge in [0.15, 0.2) is 0 Å². The summed E-state index contributed by atoms with van der Waals surface area (Å²) in [4.78, 5) is 8.53. The summed E-state index contributed by atoms with van der Waals surface area (Å²) >= 11 is 0. The minimum atomic E-state index is 0.856. The summed E-state index contributed by atoms with van der Waals surface area (Å²) in [6, 6.07) is 18.6. The molecular weight excluding hydrogens is 232 g/mol. The van der Waals surface area contributed by atoms with Crippen molar-refractivity contribution in [3.05, 3.63) is 84.4 Å². The van der Waals surface area contributed by atoms with Gasteiger partial charge in [-0.3, -0.25) is 9.97 Å². The average molecular weight is 246 g/mol. The lowest BCUT2D eigenvalue weighted by molar-refractivity contribution is 1.07. The summed E-state index contributed by atoms with van der Waals surface area (Å²) in [5.41, 5.74) is 4.69. The molecular formula is C17H14N2. The van der Waals surface area contributed by atoms with E-state index in [2.05, 4.69) is 46.4 Å². The lowest BCUT2D eigenvalue weighted by Crippen LogP contribution is -1.91. The molecule has 92 valence electrons. The monoisotopic (exact) mass is 246 g/mol. The van der Waals surface area contributed by atoms with Crippen LogP contribution in [0.4, 0.5) is 0 Å². The molecule has 0 atom stereocenters. The molecule has 1 aromatic carbocycles. The maximum atomic E-state index is 4.36. The second-order valence-electron chi connectivity index (χ2n) is 4.44. The lowest BCUT2D eigenvalue weighted by atomic mass is 10.0.